The number of pyridine rings is 1. The Morgan fingerprint density at radius 3 is 2.38 bits per heavy atom. The number of hydrogen-bond acceptors (Lipinski definition) is 4. The molecule has 2 aliphatic rings. The molecule has 1 aromatic heterocycles. The van der Waals surface area contributed by atoms with Gasteiger partial charge in [-0.15, -0.1) is 0 Å². The summed E-state index contributed by atoms with van der Waals surface area (Å²) in [6, 6.07) is 4.28. The molecule has 4 rings (SSSR count). The number of ether oxygens (including phenoxy) is 2. The van der Waals surface area contributed by atoms with Gasteiger partial charge in [-0.05, 0) is 67.7 Å². The second kappa shape index (κ2) is 5.92. The van der Waals surface area contributed by atoms with Crippen molar-refractivity contribution in [2.75, 3.05) is 13.7 Å². The van der Waals surface area contributed by atoms with E-state index < -0.39 is 5.97 Å². The minimum absolute atomic E-state index is 0.217. The van der Waals surface area contributed by atoms with Crippen LogP contribution in [0.4, 0.5) is 0 Å². The van der Waals surface area contributed by atoms with Gasteiger partial charge in [0.05, 0.1) is 24.3 Å². The molecule has 0 amide bonds. The number of fused-ring (bicyclic) bond motifs is 1. The standard InChI is InChI=1S/C19H20ClNO3/c1-3-24-19(22)16-17(20)14-8-12(10-4-5-10)13(11-6-7-11)9-15(14)21-18(16)23-2/h8-11H,3-7H2,1-2H3. The van der Waals surface area contributed by atoms with Crippen LogP contribution in [0, 0.1) is 0 Å². The van der Waals surface area contributed by atoms with Gasteiger partial charge in [0.2, 0.25) is 5.88 Å². The lowest BCUT2D eigenvalue weighted by Crippen LogP contribution is -2.09. The normalized spacial score (nSPS) is 17.1. The van der Waals surface area contributed by atoms with Crippen molar-refractivity contribution >= 4 is 28.5 Å². The van der Waals surface area contributed by atoms with E-state index in [1.807, 2.05) is 0 Å². The summed E-state index contributed by atoms with van der Waals surface area (Å²) < 4.78 is 10.4. The van der Waals surface area contributed by atoms with Gasteiger partial charge in [0, 0.05) is 5.39 Å². The molecule has 0 atom stereocenters. The molecule has 1 aromatic carbocycles. The Labute approximate surface area is 146 Å². The zero-order valence-corrected chi connectivity index (χ0v) is 14.7. The Morgan fingerprint density at radius 2 is 1.83 bits per heavy atom. The van der Waals surface area contributed by atoms with Gasteiger partial charge < -0.3 is 9.47 Å². The third-order valence-corrected chi connectivity index (χ3v) is 5.19. The maximum atomic E-state index is 12.3. The predicted molar refractivity (Wildman–Crippen MR) is 93.2 cm³/mol. The van der Waals surface area contributed by atoms with Gasteiger partial charge in [-0.25, -0.2) is 9.78 Å². The molecule has 5 heteroatoms. The molecule has 2 aliphatic carbocycles. The number of esters is 1. The number of carbonyl (C=O) groups excluding carboxylic acids is 1. The second-order valence-electron chi connectivity index (χ2n) is 6.58. The Balaban J connectivity index is 1.93. The minimum Gasteiger partial charge on any atom is -0.480 e. The summed E-state index contributed by atoms with van der Waals surface area (Å²) >= 11 is 6.58. The Bertz CT molecular complexity index is 825. The van der Waals surface area contributed by atoms with Crippen LogP contribution in [0.25, 0.3) is 10.9 Å². The largest absolute Gasteiger partial charge is 0.480 e. The summed E-state index contributed by atoms with van der Waals surface area (Å²) in [5.41, 5.74) is 3.79. The van der Waals surface area contributed by atoms with Gasteiger partial charge in [0.15, 0.2) is 0 Å². The van der Waals surface area contributed by atoms with Gasteiger partial charge in [-0.3, -0.25) is 0 Å². The lowest BCUT2D eigenvalue weighted by Gasteiger charge is -2.15. The molecule has 0 aliphatic heterocycles. The average molecular weight is 346 g/mol. The van der Waals surface area contributed by atoms with E-state index in [4.69, 9.17) is 21.1 Å². The Morgan fingerprint density at radius 1 is 1.21 bits per heavy atom. The molecule has 0 unspecified atom stereocenters. The number of rotatable bonds is 5. The van der Waals surface area contributed by atoms with Crippen LogP contribution in [-0.4, -0.2) is 24.7 Å². The molecule has 2 saturated carbocycles. The van der Waals surface area contributed by atoms with Crippen LogP contribution in [0.15, 0.2) is 12.1 Å². The van der Waals surface area contributed by atoms with Crippen LogP contribution in [0.3, 0.4) is 0 Å². The highest BCUT2D eigenvalue weighted by Gasteiger charge is 2.34. The SMILES string of the molecule is CCOC(=O)c1c(OC)nc2cc(C3CC3)c(C3CC3)cc2c1Cl. The molecule has 24 heavy (non-hydrogen) atoms. The fraction of sp³-hybridized carbons (Fsp3) is 0.474. The fourth-order valence-electron chi connectivity index (χ4n) is 3.31. The van der Waals surface area contributed by atoms with E-state index in [1.54, 1.807) is 6.92 Å². The maximum absolute atomic E-state index is 12.3. The first-order valence-corrected chi connectivity index (χ1v) is 8.90. The highest BCUT2D eigenvalue weighted by Crippen LogP contribution is 2.51. The summed E-state index contributed by atoms with van der Waals surface area (Å²) in [6.07, 6.45) is 4.96. The third-order valence-electron chi connectivity index (χ3n) is 4.80. The van der Waals surface area contributed by atoms with Crippen LogP contribution in [-0.2, 0) is 4.74 Å². The van der Waals surface area contributed by atoms with E-state index in [1.165, 1.54) is 43.9 Å². The highest BCUT2D eigenvalue weighted by atomic mass is 35.5. The molecule has 2 fully saturated rings. The molecule has 0 saturated heterocycles. The average Bonchev–Trinajstić information content (AvgIpc) is 3.46. The van der Waals surface area contributed by atoms with Crippen molar-refractivity contribution in [1.82, 2.24) is 4.98 Å². The first kappa shape index (κ1) is 15.7. The zero-order valence-electron chi connectivity index (χ0n) is 13.9. The van der Waals surface area contributed by atoms with Crippen molar-refractivity contribution in [1.29, 1.82) is 0 Å². The first-order chi connectivity index (χ1) is 11.6. The monoisotopic (exact) mass is 345 g/mol. The molecular formula is C19H20ClNO3. The van der Waals surface area contributed by atoms with Crippen LogP contribution in [0.1, 0.15) is 65.9 Å². The number of carbonyl (C=O) groups is 1. The van der Waals surface area contributed by atoms with E-state index in [9.17, 15) is 4.79 Å². The summed E-state index contributed by atoms with van der Waals surface area (Å²) in [6.45, 7) is 2.05. The van der Waals surface area contributed by atoms with Crippen LogP contribution >= 0.6 is 11.6 Å². The van der Waals surface area contributed by atoms with Gasteiger partial charge in [0.1, 0.15) is 5.56 Å². The maximum Gasteiger partial charge on any atom is 0.345 e. The van der Waals surface area contributed by atoms with Crippen molar-refractivity contribution < 1.29 is 14.3 Å². The molecule has 1 heterocycles. The number of halogens is 1. The number of methoxy groups -OCH3 is 1. The topological polar surface area (TPSA) is 48.4 Å². The molecule has 0 radical (unpaired) electrons. The summed E-state index contributed by atoms with van der Waals surface area (Å²) in [5.74, 6) is 1.02. The lowest BCUT2D eigenvalue weighted by atomic mass is 9.96. The van der Waals surface area contributed by atoms with Crippen molar-refractivity contribution in [2.24, 2.45) is 0 Å². The van der Waals surface area contributed by atoms with E-state index in [-0.39, 0.29) is 18.1 Å². The zero-order chi connectivity index (χ0) is 16.8. The van der Waals surface area contributed by atoms with Gasteiger partial charge in [-0.2, -0.15) is 0 Å². The predicted octanol–water partition coefficient (Wildman–Crippen LogP) is 4.83. The van der Waals surface area contributed by atoms with E-state index in [0.29, 0.717) is 16.9 Å². The van der Waals surface area contributed by atoms with Gasteiger partial charge in [-0.1, -0.05) is 11.6 Å². The van der Waals surface area contributed by atoms with Gasteiger partial charge >= 0.3 is 5.97 Å². The molecule has 126 valence electrons. The fourth-order valence-corrected chi connectivity index (χ4v) is 3.62. The summed E-state index contributed by atoms with van der Waals surface area (Å²) in [4.78, 5) is 16.8. The number of hydrogen-bond donors (Lipinski definition) is 0. The Hall–Kier alpha value is -1.81. The van der Waals surface area contributed by atoms with Crippen molar-refractivity contribution in [2.45, 2.75) is 44.4 Å². The molecule has 0 N–H and O–H groups in total. The van der Waals surface area contributed by atoms with Gasteiger partial charge in [0.25, 0.3) is 0 Å². The molecule has 4 nitrogen and oxygen atoms in total. The Kier molecular flexibility index (Phi) is 3.87. The number of aromatic nitrogens is 1. The summed E-state index contributed by atoms with van der Waals surface area (Å²) in [7, 11) is 1.49. The third kappa shape index (κ3) is 2.63. The van der Waals surface area contributed by atoms with E-state index in [2.05, 4.69) is 17.1 Å². The second-order valence-corrected chi connectivity index (χ2v) is 6.96. The smallest absolute Gasteiger partial charge is 0.345 e. The summed E-state index contributed by atoms with van der Waals surface area (Å²) in [5, 5.41) is 1.19. The van der Waals surface area contributed by atoms with Crippen molar-refractivity contribution in [3.05, 3.63) is 33.8 Å². The minimum atomic E-state index is -0.493. The molecule has 0 bridgehead atoms. The van der Waals surface area contributed by atoms with E-state index >= 15 is 0 Å². The highest BCUT2D eigenvalue weighted by molar-refractivity contribution is 6.38. The van der Waals surface area contributed by atoms with Crippen LogP contribution < -0.4 is 4.74 Å². The van der Waals surface area contributed by atoms with Crippen LogP contribution in [0.5, 0.6) is 5.88 Å². The number of nitrogens with zero attached hydrogens (tertiary/aromatic N) is 1. The molecule has 0 spiro atoms. The molecular weight excluding hydrogens is 326 g/mol. The van der Waals surface area contributed by atoms with E-state index in [0.717, 1.165) is 10.9 Å². The van der Waals surface area contributed by atoms with Crippen LogP contribution in [0.2, 0.25) is 5.02 Å². The first-order valence-electron chi connectivity index (χ1n) is 8.52. The quantitative estimate of drug-likeness (QED) is 0.728. The molecule has 2 aromatic rings. The van der Waals surface area contributed by atoms with Crippen molar-refractivity contribution in [3.8, 4) is 5.88 Å². The lowest BCUT2D eigenvalue weighted by molar-refractivity contribution is 0.0522. The number of benzene rings is 1. The van der Waals surface area contributed by atoms with Crippen molar-refractivity contribution in [3.63, 3.8) is 0 Å².